The fourth-order valence-electron chi connectivity index (χ4n) is 1.77. The molecule has 1 saturated heterocycles. The van der Waals surface area contributed by atoms with Gasteiger partial charge in [-0.2, -0.15) is 11.1 Å². The summed E-state index contributed by atoms with van der Waals surface area (Å²) in [5.41, 5.74) is 12.0. The number of nitrogens with zero attached hydrogens (tertiary/aromatic N) is 2. The topological polar surface area (TPSA) is 115 Å². The SMILES string of the molecule is O=C(NC1NNNN1)c1cccc(Nc2ncccn2)c1. The zero-order valence-corrected chi connectivity index (χ0v) is 10.9. The number of aromatic nitrogens is 2. The van der Waals surface area contributed by atoms with Crippen molar-refractivity contribution in [1.82, 2.24) is 37.2 Å². The van der Waals surface area contributed by atoms with Gasteiger partial charge in [-0.15, -0.1) is 0 Å². The van der Waals surface area contributed by atoms with E-state index < -0.39 is 6.29 Å². The predicted octanol–water partition coefficient (Wildman–Crippen LogP) is -0.649. The Labute approximate surface area is 120 Å². The van der Waals surface area contributed by atoms with Crippen LogP contribution in [0, 0.1) is 0 Å². The normalized spacial score (nSPS) is 14.9. The minimum Gasteiger partial charge on any atom is -0.324 e. The first kappa shape index (κ1) is 13.4. The van der Waals surface area contributed by atoms with Gasteiger partial charge in [0.25, 0.3) is 5.91 Å². The molecule has 1 aromatic heterocycles. The smallest absolute Gasteiger partial charge is 0.253 e. The van der Waals surface area contributed by atoms with E-state index in [1.165, 1.54) is 0 Å². The molecule has 1 fully saturated rings. The Morgan fingerprint density at radius 2 is 1.86 bits per heavy atom. The lowest BCUT2D eigenvalue weighted by Gasteiger charge is -2.12. The Morgan fingerprint density at radius 1 is 1.10 bits per heavy atom. The molecule has 3 rings (SSSR count). The van der Waals surface area contributed by atoms with Crippen LogP contribution in [0.15, 0.2) is 42.7 Å². The van der Waals surface area contributed by atoms with Crippen molar-refractivity contribution in [3.63, 3.8) is 0 Å². The molecule has 21 heavy (non-hydrogen) atoms. The molecule has 1 aliphatic rings. The van der Waals surface area contributed by atoms with E-state index in [1.54, 1.807) is 36.7 Å². The van der Waals surface area contributed by atoms with E-state index in [2.05, 4.69) is 42.5 Å². The molecule has 0 bridgehead atoms. The van der Waals surface area contributed by atoms with Crippen molar-refractivity contribution < 1.29 is 4.79 Å². The highest BCUT2D eigenvalue weighted by Gasteiger charge is 2.16. The second-order valence-corrected chi connectivity index (χ2v) is 4.22. The van der Waals surface area contributed by atoms with Gasteiger partial charge in [-0.05, 0) is 24.3 Å². The lowest BCUT2D eigenvalue weighted by molar-refractivity contribution is 0.0927. The number of benzene rings is 1. The van der Waals surface area contributed by atoms with Crippen molar-refractivity contribution in [3.05, 3.63) is 48.3 Å². The number of hydrazine groups is 3. The zero-order valence-electron chi connectivity index (χ0n) is 10.9. The van der Waals surface area contributed by atoms with E-state index in [9.17, 15) is 4.79 Å². The first-order chi connectivity index (χ1) is 10.3. The molecule has 0 radical (unpaired) electrons. The summed E-state index contributed by atoms with van der Waals surface area (Å²) in [7, 11) is 0. The number of carbonyl (C=O) groups excluding carboxylic acids is 1. The maximum absolute atomic E-state index is 12.1. The number of hydrogen-bond acceptors (Lipinski definition) is 8. The summed E-state index contributed by atoms with van der Waals surface area (Å²) in [6.45, 7) is 0. The van der Waals surface area contributed by atoms with Crippen LogP contribution in [0.2, 0.25) is 0 Å². The number of amides is 1. The molecule has 0 atom stereocenters. The molecule has 1 aromatic carbocycles. The van der Waals surface area contributed by atoms with Crippen molar-refractivity contribution in [3.8, 4) is 0 Å². The first-order valence-corrected chi connectivity index (χ1v) is 6.27. The Kier molecular flexibility index (Phi) is 3.98. The van der Waals surface area contributed by atoms with Crippen molar-refractivity contribution in [2.45, 2.75) is 6.29 Å². The van der Waals surface area contributed by atoms with Crippen LogP contribution in [-0.4, -0.2) is 22.2 Å². The van der Waals surface area contributed by atoms with Gasteiger partial charge in [0.05, 0.1) is 0 Å². The highest BCUT2D eigenvalue weighted by atomic mass is 16.2. The van der Waals surface area contributed by atoms with Gasteiger partial charge in [0.1, 0.15) is 0 Å². The third-order valence-electron chi connectivity index (χ3n) is 2.72. The summed E-state index contributed by atoms with van der Waals surface area (Å²) in [6, 6.07) is 8.80. The van der Waals surface area contributed by atoms with Gasteiger partial charge in [0.2, 0.25) is 5.95 Å². The van der Waals surface area contributed by atoms with Gasteiger partial charge in [0, 0.05) is 23.6 Å². The molecule has 2 heterocycles. The molecule has 108 valence electrons. The summed E-state index contributed by atoms with van der Waals surface area (Å²) >= 11 is 0. The van der Waals surface area contributed by atoms with Gasteiger partial charge < -0.3 is 10.6 Å². The van der Waals surface area contributed by atoms with Crippen molar-refractivity contribution in [2.75, 3.05) is 5.32 Å². The Hall–Kier alpha value is -2.59. The third-order valence-corrected chi connectivity index (χ3v) is 2.72. The standard InChI is InChI=1S/C12H14N8O/c21-10(16-12-17-19-20-18-12)8-3-1-4-9(7-8)15-11-13-5-2-6-14-11/h1-7,12,17-20H,(H,16,21)(H,13,14,15). The minimum absolute atomic E-state index is 0.219. The molecular weight excluding hydrogens is 272 g/mol. The molecule has 9 heteroatoms. The van der Waals surface area contributed by atoms with E-state index in [0.29, 0.717) is 11.5 Å². The van der Waals surface area contributed by atoms with Crippen LogP contribution < -0.4 is 32.6 Å². The lowest BCUT2D eigenvalue weighted by atomic mass is 10.2. The summed E-state index contributed by atoms with van der Waals surface area (Å²) in [4.78, 5) is 20.2. The van der Waals surface area contributed by atoms with Crippen LogP contribution in [0.1, 0.15) is 10.4 Å². The van der Waals surface area contributed by atoms with E-state index in [0.717, 1.165) is 5.69 Å². The average Bonchev–Trinajstić information content (AvgIpc) is 3.01. The quantitative estimate of drug-likeness (QED) is 0.439. The summed E-state index contributed by atoms with van der Waals surface area (Å²) in [5, 5.41) is 5.78. The van der Waals surface area contributed by atoms with Crippen LogP contribution in [0.4, 0.5) is 11.6 Å². The number of hydrogen-bond donors (Lipinski definition) is 6. The number of rotatable bonds is 4. The lowest BCUT2D eigenvalue weighted by Crippen LogP contribution is -2.49. The van der Waals surface area contributed by atoms with Gasteiger partial charge in [-0.1, -0.05) is 6.07 Å². The monoisotopic (exact) mass is 286 g/mol. The van der Waals surface area contributed by atoms with E-state index in [1.807, 2.05) is 6.07 Å². The Balaban J connectivity index is 1.69. The zero-order chi connectivity index (χ0) is 14.5. The van der Waals surface area contributed by atoms with Gasteiger partial charge in [0.15, 0.2) is 6.29 Å². The molecule has 9 nitrogen and oxygen atoms in total. The largest absolute Gasteiger partial charge is 0.324 e. The molecule has 0 spiro atoms. The fraction of sp³-hybridized carbons (Fsp3) is 0.0833. The second kappa shape index (κ2) is 6.24. The van der Waals surface area contributed by atoms with Gasteiger partial charge in [-0.25, -0.2) is 20.8 Å². The molecule has 0 saturated carbocycles. The number of carbonyl (C=O) groups is 1. The molecule has 0 unspecified atom stereocenters. The van der Waals surface area contributed by atoms with Crippen molar-refractivity contribution in [1.29, 1.82) is 0 Å². The number of anilines is 2. The van der Waals surface area contributed by atoms with Crippen LogP contribution >= 0.6 is 0 Å². The maximum Gasteiger partial charge on any atom is 0.253 e. The second-order valence-electron chi connectivity index (χ2n) is 4.22. The van der Waals surface area contributed by atoms with Gasteiger partial charge >= 0.3 is 0 Å². The summed E-state index contributed by atoms with van der Waals surface area (Å²) < 4.78 is 0. The van der Waals surface area contributed by atoms with Crippen LogP contribution in [0.3, 0.4) is 0 Å². The maximum atomic E-state index is 12.1. The molecule has 6 N–H and O–H groups in total. The minimum atomic E-state index is -0.397. The first-order valence-electron chi connectivity index (χ1n) is 6.27. The van der Waals surface area contributed by atoms with Crippen molar-refractivity contribution in [2.24, 2.45) is 0 Å². The van der Waals surface area contributed by atoms with E-state index in [-0.39, 0.29) is 5.91 Å². The van der Waals surface area contributed by atoms with Gasteiger partial charge in [-0.3, -0.25) is 4.79 Å². The molecular formula is C12H14N8O. The Bertz CT molecular complexity index is 614. The van der Waals surface area contributed by atoms with Crippen LogP contribution in [0.5, 0.6) is 0 Å². The molecule has 2 aromatic rings. The highest BCUT2D eigenvalue weighted by molar-refractivity contribution is 5.95. The summed E-state index contributed by atoms with van der Waals surface area (Å²) in [5.74, 6) is 0.255. The summed E-state index contributed by atoms with van der Waals surface area (Å²) in [6.07, 6.45) is 2.89. The van der Waals surface area contributed by atoms with E-state index in [4.69, 9.17) is 0 Å². The highest BCUT2D eigenvalue weighted by Crippen LogP contribution is 2.14. The molecule has 1 amide bonds. The molecule has 0 aliphatic carbocycles. The third kappa shape index (κ3) is 3.49. The number of nitrogens with one attached hydrogen (secondary N) is 6. The molecule has 1 aliphatic heterocycles. The Morgan fingerprint density at radius 3 is 2.62 bits per heavy atom. The van der Waals surface area contributed by atoms with Crippen LogP contribution in [0.25, 0.3) is 0 Å². The predicted molar refractivity (Wildman–Crippen MR) is 75.6 cm³/mol. The van der Waals surface area contributed by atoms with E-state index >= 15 is 0 Å². The average molecular weight is 286 g/mol. The van der Waals surface area contributed by atoms with Crippen LogP contribution in [-0.2, 0) is 0 Å². The fourth-order valence-corrected chi connectivity index (χ4v) is 1.77. The van der Waals surface area contributed by atoms with Crippen molar-refractivity contribution >= 4 is 17.5 Å².